The molecule has 0 aromatic rings. The minimum atomic E-state index is 0.517. The minimum Gasteiger partial charge on any atom is -0.310 e. The van der Waals surface area contributed by atoms with Gasteiger partial charge in [0.25, 0.3) is 0 Å². The van der Waals surface area contributed by atoms with Crippen LogP contribution < -0.4 is 5.32 Å². The summed E-state index contributed by atoms with van der Waals surface area (Å²) < 4.78 is 0. The average molecular weight is 224 g/mol. The van der Waals surface area contributed by atoms with Crippen LogP contribution in [0.1, 0.15) is 46.5 Å². The van der Waals surface area contributed by atoms with E-state index in [1.54, 1.807) is 0 Å². The number of hydrogen-bond donors (Lipinski definition) is 1. The Morgan fingerprint density at radius 2 is 2.00 bits per heavy atom. The fourth-order valence-corrected chi connectivity index (χ4v) is 3.50. The molecule has 0 aromatic carbocycles. The van der Waals surface area contributed by atoms with Gasteiger partial charge in [-0.25, -0.2) is 0 Å². The van der Waals surface area contributed by atoms with Gasteiger partial charge in [-0.2, -0.15) is 0 Å². The van der Waals surface area contributed by atoms with E-state index in [4.69, 9.17) is 0 Å². The molecule has 0 bridgehead atoms. The summed E-state index contributed by atoms with van der Waals surface area (Å²) in [5, 5.41) is 3.95. The van der Waals surface area contributed by atoms with Gasteiger partial charge < -0.3 is 10.2 Å². The van der Waals surface area contributed by atoms with Crippen molar-refractivity contribution in [2.45, 2.75) is 58.5 Å². The Bertz CT molecular complexity index is 237. The topological polar surface area (TPSA) is 15.3 Å². The molecule has 1 aliphatic carbocycles. The molecule has 0 radical (unpaired) electrons. The number of rotatable bonds is 2. The van der Waals surface area contributed by atoms with Crippen molar-refractivity contribution in [3.8, 4) is 0 Å². The Hall–Kier alpha value is -0.0800. The lowest BCUT2D eigenvalue weighted by Crippen LogP contribution is -2.52. The molecular formula is C14H28N2. The summed E-state index contributed by atoms with van der Waals surface area (Å²) in [6, 6.07) is 1.50. The van der Waals surface area contributed by atoms with Gasteiger partial charge in [-0.3, -0.25) is 0 Å². The molecule has 1 saturated carbocycles. The van der Waals surface area contributed by atoms with Crippen LogP contribution >= 0.6 is 0 Å². The molecule has 2 nitrogen and oxygen atoms in total. The number of nitrogens with zero attached hydrogens (tertiary/aromatic N) is 1. The molecule has 2 aliphatic rings. The van der Waals surface area contributed by atoms with Crippen molar-refractivity contribution >= 4 is 0 Å². The van der Waals surface area contributed by atoms with Crippen molar-refractivity contribution in [1.82, 2.24) is 10.2 Å². The van der Waals surface area contributed by atoms with Crippen LogP contribution in [0.2, 0.25) is 0 Å². The van der Waals surface area contributed by atoms with Crippen molar-refractivity contribution in [3.05, 3.63) is 0 Å². The molecule has 0 amide bonds. The van der Waals surface area contributed by atoms with Crippen molar-refractivity contribution in [1.29, 1.82) is 0 Å². The highest BCUT2D eigenvalue weighted by atomic mass is 15.1. The maximum Gasteiger partial charge on any atom is 0.0121 e. The highest BCUT2D eigenvalue weighted by Gasteiger charge is 2.37. The third-order valence-electron chi connectivity index (χ3n) is 4.78. The Labute approximate surface area is 101 Å². The molecule has 1 heterocycles. The Kier molecular flexibility index (Phi) is 3.60. The van der Waals surface area contributed by atoms with Gasteiger partial charge in [-0.05, 0) is 44.2 Å². The molecule has 1 aliphatic heterocycles. The van der Waals surface area contributed by atoms with Gasteiger partial charge in [0, 0.05) is 18.6 Å². The summed E-state index contributed by atoms with van der Waals surface area (Å²) in [6.07, 6.45) is 5.51. The van der Waals surface area contributed by atoms with Crippen molar-refractivity contribution in [2.75, 3.05) is 20.1 Å². The van der Waals surface area contributed by atoms with Crippen LogP contribution in [0.5, 0.6) is 0 Å². The zero-order valence-electron chi connectivity index (χ0n) is 11.4. The van der Waals surface area contributed by atoms with Gasteiger partial charge in [0.05, 0.1) is 0 Å². The summed E-state index contributed by atoms with van der Waals surface area (Å²) in [7, 11) is 2.24. The molecule has 3 atom stereocenters. The Balaban J connectivity index is 1.89. The predicted molar refractivity (Wildman–Crippen MR) is 69.6 cm³/mol. The predicted octanol–water partition coefficient (Wildman–Crippen LogP) is 2.49. The number of likely N-dealkylation sites (tertiary alicyclic amines) is 1. The highest BCUT2D eigenvalue weighted by Crippen LogP contribution is 2.38. The van der Waals surface area contributed by atoms with Gasteiger partial charge in [0.2, 0.25) is 0 Å². The first-order valence-corrected chi connectivity index (χ1v) is 6.93. The normalized spacial score (nSPS) is 40.1. The van der Waals surface area contributed by atoms with E-state index in [1.807, 2.05) is 0 Å². The van der Waals surface area contributed by atoms with Crippen molar-refractivity contribution < 1.29 is 0 Å². The van der Waals surface area contributed by atoms with Crippen LogP contribution in [-0.2, 0) is 0 Å². The SMILES string of the molecule is CC1CN(C)CCC1NC1CCCC1(C)C. The fraction of sp³-hybridized carbons (Fsp3) is 1.00. The molecule has 2 rings (SSSR count). The number of hydrogen-bond acceptors (Lipinski definition) is 2. The maximum atomic E-state index is 3.95. The van der Waals surface area contributed by atoms with E-state index in [-0.39, 0.29) is 0 Å². The summed E-state index contributed by atoms with van der Waals surface area (Å²) in [5.74, 6) is 0.801. The van der Waals surface area contributed by atoms with Crippen LogP contribution in [0, 0.1) is 11.3 Å². The summed E-state index contributed by atoms with van der Waals surface area (Å²) in [6.45, 7) is 9.77. The lowest BCUT2D eigenvalue weighted by Gasteiger charge is -2.39. The Morgan fingerprint density at radius 3 is 2.56 bits per heavy atom. The molecule has 0 aromatic heterocycles. The lowest BCUT2D eigenvalue weighted by atomic mass is 9.85. The lowest BCUT2D eigenvalue weighted by molar-refractivity contribution is 0.146. The fourth-order valence-electron chi connectivity index (χ4n) is 3.50. The molecular weight excluding hydrogens is 196 g/mol. The first-order chi connectivity index (χ1) is 7.49. The molecule has 16 heavy (non-hydrogen) atoms. The van der Waals surface area contributed by atoms with E-state index < -0.39 is 0 Å². The molecule has 0 spiro atoms. The first kappa shape index (κ1) is 12.4. The molecule has 94 valence electrons. The van der Waals surface area contributed by atoms with E-state index in [2.05, 4.69) is 38.0 Å². The molecule has 1 saturated heterocycles. The second-order valence-electron chi connectivity index (χ2n) is 6.73. The van der Waals surface area contributed by atoms with Crippen molar-refractivity contribution in [3.63, 3.8) is 0 Å². The molecule has 2 heteroatoms. The number of nitrogens with one attached hydrogen (secondary N) is 1. The molecule has 1 N–H and O–H groups in total. The van der Waals surface area contributed by atoms with E-state index in [0.717, 1.165) is 18.0 Å². The molecule has 3 unspecified atom stereocenters. The standard InChI is InChI=1S/C14H28N2/c1-11-10-16(4)9-7-12(11)15-13-6-5-8-14(13,2)3/h11-13,15H,5-10H2,1-4H3. The van der Waals surface area contributed by atoms with Gasteiger partial charge in [-0.1, -0.05) is 27.2 Å². The first-order valence-electron chi connectivity index (χ1n) is 6.93. The third kappa shape index (κ3) is 2.60. The monoisotopic (exact) mass is 224 g/mol. The molecule has 2 fully saturated rings. The summed E-state index contributed by atoms with van der Waals surface area (Å²) in [5.41, 5.74) is 0.517. The van der Waals surface area contributed by atoms with E-state index >= 15 is 0 Å². The van der Waals surface area contributed by atoms with E-state index in [0.29, 0.717) is 5.41 Å². The third-order valence-corrected chi connectivity index (χ3v) is 4.78. The minimum absolute atomic E-state index is 0.517. The second kappa shape index (κ2) is 4.66. The summed E-state index contributed by atoms with van der Waals surface area (Å²) >= 11 is 0. The van der Waals surface area contributed by atoms with Crippen LogP contribution in [-0.4, -0.2) is 37.1 Å². The smallest absolute Gasteiger partial charge is 0.0121 e. The summed E-state index contributed by atoms with van der Waals surface area (Å²) in [4.78, 5) is 2.46. The van der Waals surface area contributed by atoms with Crippen LogP contribution in [0.25, 0.3) is 0 Å². The zero-order valence-corrected chi connectivity index (χ0v) is 11.4. The van der Waals surface area contributed by atoms with Crippen LogP contribution in [0.15, 0.2) is 0 Å². The second-order valence-corrected chi connectivity index (χ2v) is 6.73. The quantitative estimate of drug-likeness (QED) is 0.775. The van der Waals surface area contributed by atoms with E-state index in [9.17, 15) is 0 Å². The number of piperidine rings is 1. The van der Waals surface area contributed by atoms with Gasteiger partial charge in [0.1, 0.15) is 0 Å². The van der Waals surface area contributed by atoms with Crippen molar-refractivity contribution in [2.24, 2.45) is 11.3 Å². The largest absolute Gasteiger partial charge is 0.310 e. The highest BCUT2D eigenvalue weighted by molar-refractivity contribution is 4.94. The zero-order chi connectivity index (χ0) is 11.8. The maximum absolute atomic E-state index is 3.95. The van der Waals surface area contributed by atoms with Gasteiger partial charge in [-0.15, -0.1) is 0 Å². The van der Waals surface area contributed by atoms with Crippen LogP contribution in [0.4, 0.5) is 0 Å². The average Bonchev–Trinajstić information content (AvgIpc) is 2.50. The van der Waals surface area contributed by atoms with E-state index in [1.165, 1.54) is 38.8 Å². The van der Waals surface area contributed by atoms with Crippen LogP contribution in [0.3, 0.4) is 0 Å². The van der Waals surface area contributed by atoms with Gasteiger partial charge in [0.15, 0.2) is 0 Å². The Morgan fingerprint density at radius 1 is 1.25 bits per heavy atom. The van der Waals surface area contributed by atoms with Gasteiger partial charge >= 0.3 is 0 Å².